The standard InChI is InChI=1S/C21H30N2O3/c1-4-14-11-23-20(18(13-24)17(14)10-21(25-2)26-3)9-15-12-22-19-8-6-5-7-16(15)19/h4-8,12,17-18,20-24H,9-11,13H2,1-3H3/b14-4+/t17?,18?,20-/m1/s1. The highest BCUT2D eigenvalue weighted by molar-refractivity contribution is 5.83. The lowest BCUT2D eigenvalue weighted by Gasteiger charge is -2.41. The van der Waals surface area contributed by atoms with Gasteiger partial charge in [-0.3, -0.25) is 0 Å². The average Bonchev–Trinajstić information content (AvgIpc) is 3.09. The summed E-state index contributed by atoms with van der Waals surface area (Å²) in [5.74, 6) is 0.364. The van der Waals surface area contributed by atoms with Gasteiger partial charge in [-0.05, 0) is 30.9 Å². The summed E-state index contributed by atoms with van der Waals surface area (Å²) in [6.07, 6.45) is 5.63. The highest BCUT2D eigenvalue weighted by Crippen LogP contribution is 2.34. The molecule has 3 atom stereocenters. The molecule has 2 aromatic rings. The van der Waals surface area contributed by atoms with Crippen molar-refractivity contribution in [2.45, 2.75) is 32.1 Å². The number of para-hydroxylation sites is 1. The van der Waals surface area contributed by atoms with Gasteiger partial charge < -0.3 is 24.9 Å². The summed E-state index contributed by atoms with van der Waals surface area (Å²) in [5.41, 5.74) is 3.76. The summed E-state index contributed by atoms with van der Waals surface area (Å²) >= 11 is 0. The maximum Gasteiger partial charge on any atom is 0.157 e. The third kappa shape index (κ3) is 3.86. The van der Waals surface area contributed by atoms with Gasteiger partial charge in [0.05, 0.1) is 0 Å². The first-order chi connectivity index (χ1) is 12.7. The van der Waals surface area contributed by atoms with E-state index in [9.17, 15) is 5.11 Å². The number of aromatic nitrogens is 1. The molecule has 0 aliphatic carbocycles. The lowest BCUT2D eigenvalue weighted by Crippen LogP contribution is -2.50. The van der Waals surface area contributed by atoms with E-state index in [4.69, 9.17) is 9.47 Å². The summed E-state index contributed by atoms with van der Waals surface area (Å²) in [5, 5.41) is 15.1. The SMILES string of the molecule is C/C=C1\CN[C@H](Cc2c[nH]c3ccccc23)C(CO)C1CC(OC)OC. The number of hydrogen-bond acceptors (Lipinski definition) is 4. The van der Waals surface area contributed by atoms with Gasteiger partial charge >= 0.3 is 0 Å². The molecule has 1 saturated heterocycles. The Kier molecular flexibility index (Phi) is 6.48. The predicted molar refractivity (Wildman–Crippen MR) is 104 cm³/mol. The second-order valence-corrected chi connectivity index (χ2v) is 7.00. The monoisotopic (exact) mass is 358 g/mol. The Bertz CT molecular complexity index is 736. The molecule has 3 rings (SSSR count). The number of nitrogens with one attached hydrogen (secondary N) is 2. The molecule has 5 nitrogen and oxygen atoms in total. The van der Waals surface area contributed by atoms with Crippen LogP contribution in [0.25, 0.3) is 10.9 Å². The summed E-state index contributed by atoms with van der Waals surface area (Å²) < 4.78 is 10.9. The Morgan fingerprint density at radius 3 is 2.73 bits per heavy atom. The predicted octanol–water partition coefficient (Wildman–Crippen LogP) is 2.86. The largest absolute Gasteiger partial charge is 0.396 e. The zero-order valence-corrected chi connectivity index (χ0v) is 15.9. The Morgan fingerprint density at radius 1 is 1.27 bits per heavy atom. The molecule has 2 heterocycles. The number of allylic oxidation sites excluding steroid dienone is 1. The first-order valence-electron chi connectivity index (χ1n) is 9.31. The van der Waals surface area contributed by atoms with Crippen LogP contribution in [0.4, 0.5) is 0 Å². The summed E-state index contributed by atoms with van der Waals surface area (Å²) in [6.45, 7) is 3.04. The van der Waals surface area contributed by atoms with E-state index in [1.165, 1.54) is 16.5 Å². The second-order valence-electron chi connectivity index (χ2n) is 7.00. The number of ether oxygens (including phenoxy) is 2. The van der Waals surface area contributed by atoms with Crippen molar-refractivity contribution < 1.29 is 14.6 Å². The van der Waals surface area contributed by atoms with E-state index in [1.54, 1.807) is 14.2 Å². The van der Waals surface area contributed by atoms with Gasteiger partial charge in [0.15, 0.2) is 6.29 Å². The van der Waals surface area contributed by atoms with Gasteiger partial charge in [0.1, 0.15) is 0 Å². The Balaban J connectivity index is 1.82. The maximum atomic E-state index is 10.2. The van der Waals surface area contributed by atoms with E-state index in [0.717, 1.165) is 24.9 Å². The highest BCUT2D eigenvalue weighted by atomic mass is 16.7. The van der Waals surface area contributed by atoms with E-state index < -0.39 is 0 Å². The molecule has 26 heavy (non-hydrogen) atoms. The molecule has 5 heteroatoms. The minimum absolute atomic E-state index is 0.122. The smallest absolute Gasteiger partial charge is 0.157 e. The zero-order valence-electron chi connectivity index (χ0n) is 15.9. The van der Waals surface area contributed by atoms with Gasteiger partial charge in [-0.25, -0.2) is 0 Å². The molecule has 0 saturated carbocycles. The van der Waals surface area contributed by atoms with Crippen molar-refractivity contribution in [2.24, 2.45) is 11.8 Å². The molecule has 0 bridgehead atoms. The zero-order chi connectivity index (χ0) is 18.5. The molecule has 1 aliphatic rings. The van der Waals surface area contributed by atoms with Crippen LogP contribution in [0.1, 0.15) is 18.9 Å². The van der Waals surface area contributed by atoms with Crippen molar-refractivity contribution >= 4 is 10.9 Å². The fraction of sp³-hybridized carbons (Fsp3) is 0.524. The fourth-order valence-corrected chi connectivity index (χ4v) is 4.24. The van der Waals surface area contributed by atoms with Crippen molar-refractivity contribution in [2.75, 3.05) is 27.4 Å². The van der Waals surface area contributed by atoms with E-state index in [1.807, 2.05) is 6.07 Å². The third-order valence-corrected chi connectivity index (χ3v) is 5.75. The van der Waals surface area contributed by atoms with Crippen molar-refractivity contribution in [3.63, 3.8) is 0 Å². The minimum Gasteiger partial charge on any atom is -0.396 e. The van der Waals surface area contributed by atoms with Crippen molar-refractivity contribution in [1.29, 1.82) is 0 Å². The van der Waals surface area contributed by atoms with Crippen LogP contribution in [0.2, 0.25) is 0 Å². The van der Waals surface area contributed by atoms with E-state index >= 15 is 0 Å². The van der Waals surface area contributed by atoms with E-state index in [-0.39, 0.29) is 30.8 Å². The summed E-state index contributed by atoms with van der Waals surface area (Å²) in [7, 11) is 3.34. The van der Waals surface area contributed by atoms with Crippen molar-refractivity contribution in [3.8, 4) is 0 Å². The number of rotatable bonds is 7. The van der Waals surface area contributed by atoms with Gasteiger partial charge in [-0.15, -0.1) is 0 Å². The topological polar surface area (TPSA) is 66.5 Å². The number of fused-ring (bicyclic) bond motifs is 1. The highest BCUT2D eigenvalue weighted by Gasteiger charge is 2.37. The van der Waals surface area contributed by atoms with E-state index in [0.29, 0.717) is 0 Å². The molecular weight excluding hydrogens is 328 g/mol. The number of aliphatic hydroxyl groups is 1. The molecule has 3 N–H and O–H groups in total. The normalized spacial score (nSPS) is 25.4. The first-order valence-corrected chi connectivity index (χ1v) is 9.31. The lowest BCUT2D eigenvalue weighted by atomic mass is 9.74. The molecule has 1 aromatic heterocycles. The lowest BCUT2D eigenvalue weighted by molar-refractivity contribution is -0.118. The first kappa shape index (κ1) is 19.1. The van der Waals surface area contributed by atoms with Crippen molar-refractivity contribution in [1.82, 2.24) is 10.3 Å². The Morgan fingerprint density at radius 2 is 2.04 bits per heavy atom. The Labute approximate surface area is 155 Å². The number of benzene rings is 1. The number of piperidine rings is 1. The van der Waals surface area contributed by atoms with Crippen LogP contribution >= 0.6 is 0 Å². The molecular formula is C21H30N2O3. The van der Waals surface area contributed by atoms with Gasteiger partial charge in [0.2, 0.25) is 0 Å². The molecule has 0 amide bonds. The van der Waals surface area contributed by atoms with E-state index in [2.05, 4.69) is 47.7 Å². The number of aliphatic hydroxyl groups excluding tert-OH is 1. The van der Waals surface area contributed by atoms with Gasteiger partial charge in [-0.2, -0.15) is 0 Å². The number of hydrogen-bond donors (Lipinski definition) is 3. The molecule has 0 radical (unpaired) electrons. The molecule has 1 aliphatic heterocycles. The molecule has 0 spiro atoms. The molecule has 142 valence electrons. The van der Waals surface area contributed by atoms with Gasteiger partial charge in [-0.1, -0.05) is 29.8 Å². The average molecular weight is 358 g/mol. The van der Waals surface area contributed by atoms with Crippen LogP contribution in [0.3, 0.4) is 0 Å². The number of methoxy groups -OCH3 is 2. The van der Waals surface area contributed by atoms with Crippen LogP contribution in [0.15, 0.2) is 42.1 Å². The molecule has 1 aromatic carbocycles. The number of H-pyrrole nitrogens is 1. The number of aromatic amines is 1. The molecule has 2 unspecified atom stereocenters. The summed E-state index contributed by atoms with van der Waals surface area (Å²) in [6, 6.07) is 8.57. The van der Waals surface area contributed by atoms with Gasteiger partial charge in [0, 0.05) is 62.9 Å². The van der Waals surface area contributed by atoms with Gasteiger partial charge in [0.25, 0.3) is 0 Å². The fourth-order valence-electron chi connectivity index (χ4n) is 4.24. The van der Waals surface area contributed by atoms with Crippen molar-refractivity contribution in [3.05, 3.63) is 47.7 Å². The Hall–Kier alpha value is -1.66. The third-order valence-electron chi connectivity index (χ3n) is 5.75. The summed E-state index contributed by atoms with van der Waals surface area (Å²) in [4.78, 5) is 3.35. The second kappa shape index (κ2) is 8.82. The molecule has 1 fully saturated rings. The van der Waals surface area contributed by atoms with Crippen LogP contribution in [-0.4, -0.2) is 49.8 Å². The quantitative estimate of drug-likeness (QED) is 0.526. The van der Waals surface area contributed by atoms with Crippen LogP contribution in [0, 0.1) is 11.8 Å². The van der Waals surface area contributed by atoms with Crippen LogP contribution < -0.4 is 5.32 Å². The maximum absolute atomic E-state index is 10.2. The van der Waals surface area contributed by atoms with Crippen LogP contribution in [-0.2, 0) is 15.9 Å². The van der Waals surface area contributed by atoms with Crippen LogP contribution in [0.5, 0.6) is 0 Å². The minimum atomic E-state index is -0.254.